The first kappa shape index (κ1) is 20.3. The second kappa shape index (κ2) is 8.77. The van der Waals surface area contributed by atoms with Crippen LogP contribution in [0.1, 0.15) is 11.1 Å². The third-order valence-corrected chi connectivity index (χ3v) is 5.88. The van der Waals surface area contributed by atoms with Gasteiger partial charge in [0.25, 0.3) is 0 Å². The highest BCUT2D eigenvalue weighted by atomic mass is 35.5. The number of halogens is 1. The number of amides is 1. The van der Waals surface area contributed by atoms with Crippen LogP contribution in [0.5, 0.6) is 0 Å². The first-order valence-corrected chi connectivity index (χ1v) is 10.6. The molecule has 8 heteroatoms. The van der Waals surface area contributed by atoms with E-state index in [1.807, 2.05) is 60.9 Å². The van der Waals surface area contributed by atoms with E-state index in [-0.39, 0.29) is 11.7 Å². The Labute approximate surface area is 183 Å². The lowest BCUT2D eigenvalue weighted by molar-refractivity contribution is -0.113. The topological polar surface area (TPSA) is 73.0 Å². The summed E-state index contributed by atoms with van der Waals surface area (Å²) in [6, 6.07) is 17.1. The number of thioether (sulfide) groups is 1. The predicted octanol–water partition coefficient (Wildman–Crippen LogP) is 5.53. The van der Waals surface area contributed by atoms with Crippen molar-refractivity contribution in [2.24, 2.45) is 0 Å². The largest absolute Gasteiger partial charge is 0.461 e. The molecule has 0 radical (unpaired) electrons. The second-order valence-electron chi connectivity index (χ2n) is 6.70. The average Bonchev–Trinajstić information content (AvgIpc) is 3.40. The maximum absolute atomic E-state index is 12.5. The maximum atomic E-state index is 12.5. The van der Waals surface area contributed by atoms with E-state index in [0.29, 0.717) is 27.5 Å². The molecule has 4 aromatic rings. The molecule has 0 aliphatic heterocycles. The van der Waals surface area contributed by atoms with Crippen LogP contribution in [0.15, 0.2) is 70.4 Å². The number of aromatic nitrogens is 3. The van der Waals surface area contributed by atoms with E-state index in [4.69, 9.17) is 16.0 Å². The number of nitrogens with one attached hydrogen (secondary N) is 1. The number of anilines is 1. The number of nitrogens with zero attached hydrogens (tertiary/aromatic N) is 3. The molecule has 0 saturated heterocycles. The molecule has 0 saturated carbocycles. The van der Waals surface area contributed by atoms with Crippen LogP contribution < -0.4 is 5.32 Å². The third kappa shape index (κ3) is 4.27. The fourth-order valence-corrected chi connectivity index (χ4v) is 3.84. The number of furan rings is 1. The Kier molecular flexibility index (Phi) is 5.92. The summed E-state index contributed by atoms with van der Waals surface area (Å²) in [5.41, 5.74) is 3.58. The number of carbonyl (C=O) groups is 1. The monoisotopic (exact) mass is 438 g/mol. The van der Waals surface area contributed by atoms with Crippen molar-refractivity contribution in [3.8, 4) is 17.3 Å². The van der Waals surface area contributed by atoms with E-state index >= 15 is 0 Å². The van der Waals surface area contributed by atoms with Gasteiger partial charge in [0, 0.05) is 16.4 Å². The fourth-order valence-electron chi connectivity index (χ4n) is 2.91. The number of hydrogen-bond donors (Lipinski definition) is 1. The molecule has 1 amide bonds. The average molecular weight is 439 g/mol. The van der Waals surface area contributed by atoms with Gasteiger partial charge in [0.05, 0.1) is 12.0 Å². The van der Waals surface area contributed by atoms with Crippen LogP contribution in [-0.4, -0.2) is 26.4 Å². The van der Waals surface area contributed by atoms with Gasteiger partial charge in [0.2, 0.25) is 11.7 Å². The minimum Gasteiger partial charge on any atom is -0.461 e. The summed E-state index contributed by atoms with van der Waals surface area (Å²) in [5, 5.41) is 12.7. The molecule has 1 N–H and O–H groups in total. The van der Waals surface area contributed by atoms with Crippen LogP contribution in [0, 0.1) is 13.8 Å². The van der Waals surface area contributed by atoms with Crippen molar-refractivity contribution in [1.82, 2.24) is 14.8 Å². The molecule has 0 fully saturated rings. The molecule has 30 heavy (non-hydrogen) atoms. The van der Waals surface area contributed by atoms with E-state index in [2.05, 4.69) is 15.5 Å². The number of aryl methyl sites for hydroxylation is 1. The Hall–Kier alpha value is -3.03. The molecule has 4 rings (SSSR count). The molecule has 2 heterocycles. The van der Waals surface area contributed by atoms with Crippen molar-refractivity contribution < 1.29 is 9.21 Å². The molecule has 0 aliphatic carbocycles. The van der Waals surface area contributed by atoms with E-state index in [1.54, 1.807) is 18.4 Å². The molecule has 0 unspecified atom stereocenters. The quantitative estimate of drug-likeness (QED) is 0.401. The molecule has 2 aromatic heterocycles. The van der Waals surface area contributed by atoms with E-state index in [0.717, 1.165) is 16.8 Å². The second-order valence-corrected chi connectivity index (χ2v) is 8.05. The summed E-state index contributed by atoms with van der Waals surface area (Å²) in [4.78, 5) is 12.5. The van der Waals surface area contributed by atoms with Crippen LogP contribution in [-0.2, 0) is 4.79 Å². The van der Waals surface area contributed by atoms with Crippen molar-refractivity contribution in [3.63, 3.8) is 0 Å². The van der Waals surface area contributed by atoms with Crippen molar-refractivity contribution in [3.05, 3.63) is 77.0 Å². The van der Waals surface area contributed by atoms with Crippen molar-refractivity contribution in [2.45, 2.75) is 19.0 Å². The highest BCUT2D eigenvalue weighted by Crippen LogP contribution is 2.29. The summed E-state index contributed by atoms with van der Waals surface area (Å²) in [6.07, 6.45) is 1.59. The molecule has 152 valence electrons. The molecule has 0 bridgehead atoms. The highest BCUT2D eigenvalue weighted by molar-refractivity contribution is 7.99. The van der Waals surface area contributed by atoms with Crippen LogP contribution >= 0.6 is 23.4 Å². The summed E-state index contributed by atoms with van der Waals surface area (Å²) in [6.45, 7) is 3.90. The van der Waals surface area contributed by atoms with Gasteiger partial charge in [-0.05, 0) is 55.8 Å². The van der Waals surface area contributed by atoms with E-state index < -0.39 is 0 Å². The van der Waals surface area contributed by atoms with Gasteiger partial charge in [-0.3, -0.25) is 9.36 Å². The van der Waals surface area contributed by atoms with Crippen LogP contribution in [0.2, 0.25) is 5.02 Å². The number of hydrogen-bond acceptors (Lipinski definition) is 5. The Morgan fingerprint density at radius 3 is 2.63 bits per heavy atom. The molecular formula is C22H19ClN4O2S. The standard InChI is InChI=1S/C22H19ClN4O2S/c1-14-8-10-16(11-9-14)27-21(19-7-4-12-29-19)25-26-22(27)30-13-20(28)24-18-6-3-5-17(23)15(18)2/h3-12H,13H2,1-2H3,(H,24,28). The van der Waals surface area contributed by atoms with Gasteiger partial charge in [-0.2, -0.15) is 0 Å². The van der Waals surface area contributed by atoms with Gasteiger partial charge in [-0.15, -0.1) is 10.2 Å². The smallest absolute Gasteiger partial charge is 0.234 e. The van der Waals surface area contributed by atoms with Crippen molar-refractivity contribution >= 4 is 35.0 Å². The summed E-state index contributed by atoms with van der Waals surface area (Å²) >= 11 is 7.44. The van der Waals surface area contributed by atoms with Crippen molar-refractivity contribution in [1.29, 1.82) is 0 Å². The lowest BCUT2D eigenvalue weighted by Gasteiger charge is -2.11. The van der Waals surface area contributed by atoms with Gasteiger partial charge in [-0.25, -0.2) is 0 Å². The van der Waals surface area contributed by atoms with Crippen LogP contribution in [0.3, 0.4) is 0 Å². The number of carbonyl (C=O) groups excluding carboxylic acids is 1. The predicted molar refractivity (Wildman–Crippen MR) is 119 cm³/mol. The minimum atomic E-state index is -0.150. The van der Waals surface area contributed by atoms with E-state index in [9.17, 15) is 4.79 Å². The Morgan fingerprint density at radius 1 is 1.10 bits per heavy atom. The zero-order valence-electron chi connectivity index (χ0n) is 16.4. The van der Waals surface area contributed by atoms with Gasteiger partial charge < -0.3 is 9.73 Å². The zero-order valence-corrected chi connectivity index (χ0v) is 18.0. The third-order valence-electron chi connectivity index (χ3n) is 4.54. The first-order valence-electron chi connectivity index (χ1n) is 9.27. The van der Waals surface area contributed by atoms with Gasteiger partial charge in [0.15, 0.2) is 10.9 Å². The van der Waals surface area contributed by atoms with Crippen molar-refractivity contribution in [2.75, 3.05) is 11.1 Å². The number of benzene rings is 2. The fraction of sp³-hybridized carbons (Fsp3) is 0.136. The van der Waals surface area contributed by atoms with Crippen LogP contribution in [0.4, 0.5) is 5.69 Å². The van der Waals surface area contributed by atoms with Gasteiger partial charge in [0.1, 0.15) is 0 Å². The van der Waals surface area contributed by atoms with Crippen LogP contribution in [0.25, 0.3) is 17.3 Å². The maximum Gasteiger partial charge on any atom is 0.234 e. The Bertz CT molecular complexity index is 1170. The highest BCUT2D eigenvalue weighted by Gasteiger charge is 2.19. The number of rotatable bonds is 6. The molecule has 2 aromatic carbocycles. The molecule has 0 spiro atoms. The lowest BCUT2D eigenvalue weighted by Crippen LogP contribution is -2.15. The summed E-state index contributed by atoms with van der Waals surface area (Å²) < 4.78 is 7.41. The Morgan fingerprint density at radius 2 is 1.90 bits per heavy atom. The normalized spacial score (nSPS) is 10.9. The first-order chi connectivity index (χ1) is 14.5. The molecular weight excluding hydrogens is 420 g/mol. The summed E-state index contributed by atoms with van der Waals surface area (Å²) in [5.74, 6) is 1.21. The van der Waals surface area contributed by atoms with Gasteiger partial charge >= 0.3 is 0 Å². The minimum absolute atomic E-state index is 0.150. The van der Waals surface area contributed by atoms with E-state index in [1.165, 1.54) is 11.8 Å². The summed E-state index contributed by atoms with van der Waals surface area (Å²) in [7, 11) is 0. The SMILES string of the molecule is Cc1ccc(-n2c(SCC(=O)Nc3cccc(Cl)c3C)nnc2-c2ccco2)cc1. The molecule has 0 aliphatic rings. The zero-order chi connectivity index (χ0) is 21.1. The Balaban J connectivity index is 1.57. The molecule has 6 nitrogen and oxygen atoms in total. The van der Waals surface area contributed by atoms with Gasteiger partial charge in [-0.1, -0.05) is 47.1 Å². The lowest BCUT2D eigenvalue weighted by atomic mass is 10.2. The molecule has 0 atom stereocenters.